The van der Waals surface area contributed by atoms with Gasteiger partial charge in [0.15, 0.2) is 0 Å². The fraction of sp³-hybridized carbons (Fsp3) is 0.714. The molecule has 1 fully saturated rings. The highest BCUT2D eigenvalue weighted by atomic mass is 16.5. The van der Waals surface area contributed by atoms with Gasteiger partial charge in [-0.05, 0) is 0 Å². The minimum absolute atomic E-state index is 0.00157. The summed E-state index contributed by atoms with van der Waals surface area (Å²) in [6.07, 6.45) is 0. The van der Waals surface area contributed by atoms with Gasteiger partial charge in [-0.1, -0.05) is 0 Å². The number of ether oxygens (including phenoxy) is 1. The summed E-state index contributed by atoms with van der Waals surface area (Å²) in [5, 5.41) is 2.51. The lowest BCUT2D eigenvalue weighted by Gasteiger charge is -2.38. The number of hydrogen-bond acceptors (Lipinski definition) is 3. The molecule has 1 heterocycles. The number of hydrogen-bond donors (Lipinski definition) is 2. The van der Waals surface area contributed by atoms with Crippen LogP contribution in [0.25, 0.3) is 0 Å². The van der Waals surface area contributed by atoms with E-state index in [-0.39, 0.29) is 18.6 Å². The lowest BCUT2D eigenvalue weighted by Crippen LogP contribution is -2.62. The van der Waals surface area contributed by atoms with Crippen molar-refractivity contribution in [3.63, 3.8) is 0 Å². The lowest BCUT2D eigenvalue weighted by atomic mass is 10.1. The van der Waals surface area contributed by atoms with Gasteiger partial charge in [-0.15, -0.1) is 0 Å². The first-order chi connectivity index (χ1) is 6.13. The molecule has 0 aromatic carbocycles. The summed E-state index contributed by atoms with van der Waals surface area (Å²) in [5.41, 5.74) is 4.90. The third-order valence-electron chi connectivity index (χ3n) is 1.85. The Bertz CT molecular complexity index is 213. The number of carbonyl (C=O) groups is 2. The predicted molar refractivity (Wildman–Crippen MR) is 45.0 cm³/mol. The van der Waals surface area contributed by atoms with Crippen molar-refractivity contribution in [2.45, 2.75) is 6.04 Å². The first-order valence-corrected chi connectivity index (χ1v) is 3.96. The molecule has 0 saturated carbocycles. The van der Waals surface area contributed by atoms with Crippen LogP contribution < -0.4 is 11.1 Å². The molecule has 1 aliphatic rings. The number of carbonyl (C=O) groups excluding carboxylic acids is 2. The maximum absolute atomic E-state index is 11.1. The molecule has 1 aliphatic heterocycles. The molecule has 13 heavy (non-hydrogen) atoms. The number of nitrogens with one attached hydrogen (secondary N) is 1. The average Bonchev–Trinajstić information content (AvgIpc) is 1.95. The van der Waals surface area contributed by atoms with E-state index in [0.717, 1.165) is 0 Å². The fourth-order valence-electron chi connectivity index (χ4n) is 1.19. The molecular weight excluding hydrogens is 174 g/mol. The van der Waals surface area contributed by atoms with Crippen LogP contribution >= 0.6 is 0 Å². The number of nitrogens with zero attached hydrogens (tertiary/aromatic N) is 1. The van der Waals surface area contributed by atoms with Crippen molar-refractivity contribution in [1.29, 1.82) is 0 Å². The van der Waals surface area contributed by atoms with Crippen molar-refractivity contribution in [2.24, 2.45) is 5.73 Å². The van der Waals surface area contributed by atoms with Crippen molar-refractivity contribution in [3.05, 3.63) is 0 Å². The zero-order chi connectivity index (χ0) is 9.84. The van der Waals surface area contributed by atoms with Gasteiger partial charge in [0.25, 0.3) is 0 Å². The molecule has 0 aliphatic carbocycles. The van der Waals surface area contributed by atoms with Crippen molar-refractivity contribution >= 4 is 11.9 Å². The van der Waals surface area contributed by atoms with Gasteiger partial charge in [-0.3, -0.25) is 4.79 Å². The molecule has 3 N–H and O–H groups in total. The second-order valence-electron chi connectivity index (χ2n) is 2.94. The third kappa shape index (κ3) is 2.59. The van der Waals surface area contributed by atoms with Crippen LogP contribution in [0.1, 0.15) is 0 Å². The van der Waals surface area contributed by atoms with Gasteiger partial charge in [0, 0.05) is 20.2 Å². The molecule has 0 radical (unpaired) electrons. The Labute approximate surface area is 76.0 Å². The van der Waals surface area contributed by atoms with Crippen LogP contribution in [0.2, 0.25) is 0 Å². The van der Waals surface area contributed by atoms with Crippen LogP contribution in [0, 0.1) is 0 Å². The minimum Gasteiger partial charge on any atom is -0.375 e. The van der Waals surface area contributed by atoms with E-state index >= 15 is 0 Å². The summed E-state index contributed by atoms with van der Waals surface area (Å²) >= 11 is 0. The molecule has 6 nitrogen and oxygen atoms in total. The van der Waals surface area contributed by atoms with E-state index < -0.39 is 6.03 Å². The second-order valence-corrected chi connectivity index (χ2v) is 2.94. The van der Waals surface area contributed by atoms with E-state index in [9.17, 15) is 9.59 Å². The van der Waals surface area contributed by atoms with E-state index in [1.54, 1.807) is 4.90 Å². The number of likely N-dealkylation sites (tertiary alicyclic amines) is 1. The molecule has 1 rings (SSSR count). The summed E-state index contributed by atoms with van der Waals surface area (Å²) in [6.45, 7) is 1.12. The number of amides is 3. The quantitative estimate of drug-likeness (QED) is 0.564. The molecule has 0 aromatic heterocycles. The number of methoxy groups -OCH3 is 1. The molecule has 0 aromatic rings. The van der Waals surface area contributed by atoms with E-state index in [0.29, 0.717) is 13.1 Å². The molecule has 6 heteroatoms. The second kappa shape index (κ2) is 4.08. The van der Waals surface area contributed by atoms with Gasteiger partial charge in [-0.25, -0.2) is 4.79 Å². The zero-order valence-corrected chi connectivity index (χ0v) is 7.45. The summed E-state index contributed by atoms with van der Waals surface area (Å²) < 4.78 is 4.67. The lowest BCUT2D eigenvalue weighted by molar-refractivity contribution is -0.139. The van der Waals surface area contributed by atoms with Crippen molar-refractivity contribution in [2.75, 3.05) is 26.8 Å². The Hall–Kier alpha value is -1.30. The number of urea groups is 1. The standard InChI is InChI=1S/C7H13N3O3/c1-13-4-6(11)10-2-5(3-10)9-7(8)12/h5H,2-4H2,1H3,(H3,8,9,12). The highest BCUT2D eigenvalue weighted by Crippen LogP contribution is 2.07. The van der Waals surface area contributed by atoms with Gasteiger partial charge in [-0.2, -0.15) is 0 Å². The minimum atomic E-state index is -0.552. The highest BCUT2D eigenvalue weighted by Gasteiger charge is 2.30. The van der Waals surface area contributed by atoms with Gasteiger partial charge in [0.05, 0.1) is 6.04 Å². The van der Waals surface area contributed by atoms with Crippen molar-refractivity contribution in [1.82, 2.24) is 10.2 Å². The van der Waals surface area contributed by atoms with Gasteiger partial charge in [0.1, 0.15) is 6.61 Å². The molecule has 1 saturated heterocycles. The van der Waals surface area contributed by atoms with Crippen molar-refractivity contribution in [3.8, 4) is 0 Å². The van der Waals surface area contributed by atoms with E-state index in [1.165, 1.54) is 7.11 Å². The Morgan fingerprint density at radius 1 is 1.62 bits per heavy atom. The van der Waals surface area contributed by atoms with Gasteiger partial charge < -0.3 is 20.7 Å². The Balaban J connectivity index is 2.17. The molecule has 0 atom stereocenters. The fourth-order valence-corrected chi connectivity index (χ4v) is 1.19. The smallest absolute Gasteiger partial charge is 0.312 e. The van der Waals surface area contributed by atoms with Crippen LogP contribution in [0.4, 0.5) is 4.79 Å². The summed E-state index contributed by atoms with van der Waals surface area (Å²) in [7, 11) is 1.47. The molecule has 74 valence electrons. The van der Waals surface area contributed by atoms with E-state index in [2.05, 4.69) is 10.1 Å². The maximum Gasteiger partial charge on any atom is 0.312 e. The maximum atomic E-state index is 11.1. The van der Waals surface area contributed by atoms with Crippen LogP contribution in [0.5, 0.6) is 0 Å². The van der Waals surface area contributed by atoms with Crippen LogP contribution in [0.15, 0.2) is 0 Å². The number of nitrogens with two attached hydrogens (primary N) is 1. The summed E-state index contributed by atoms with van der Waals surface area (Å²) in [5.74, 6) is -0.0648. The third-order valence-corrected chi connectivity index (χ3v) is 1.85. The SMILES string of the molecule is COCC(=O)N1CC(NC(N)=O)C1. The largest absolute Gasteiger partial charge is 0.375 e. The molecule has 0 unspecified atom stereocenters. The topological polar surface area (TPSA) is 84.7 Å². The summed E-state index contributed by atoms with van der Waals surface area (Å²) in [6, 6.07) is -0.554. The Morgan fingerprint density at radius 2 is 2.23 bits per heavy atom. The van der Waals surface area contributed by atoms with Gasteiger partial charge >= 0.3 is 6.03 Å². The first kappa shape index (κ1) is 9.79. The summed E-state index contributed by atoms with van der Waals surface area (Å²) in [4.78, 5) is 23.1. The normalized spacial score (nSPS) is 16.5. The monoisotopic (exact) mass is 187 g/mol. The molecule has 0 bridgehead atoms. The first-order valence-electron chi connectivity index (χ1n) is 3.96. The molecular formula is C7H13N3O3. The molecule has 3 amide bonds. The van der Waals surface area contributed by atoms with Crippen LogP contribution in [-0.2, 0) is 9.53 Å². The number of rotatable bonds is 3. The average molecular weight is 187 g/mol. The predicted octanol–water partition coefficient (Wildman–Crippen LogP) is -1.49. The number of primary amides is 1. The van der Waals surface area contributed by atoms with Crippen LogP contribution in [-0.4, -0.2) is 49.7 Å². The van der Waals surface area contributed by atoms with E-state index in [1.807, 2.05) is 0 Å². The van der Waals surface area contributed by atoms with Crippen molar-refractivity contribution < 1.29 is 14.3 Å². The Morgan fingerprint density at radius 3 is 2.69 bits per heavy atom. The van der Waals surface area contributed by atoms with E-state index in [4.69, 9.17) is 5.73 Å². The van der Waals surface area contributed by atoms with Crippen LogP contribution in [0.3, 0.4) is 0 Å². The zero-order valence-electron chi connectivity index (χ0n) is 7.45. The Kier molecular flexibility index (Phi) is 3.07. The highest BCUT2D eigenvalue weighted by molar-refractivity contribution is 5.79. The molecule has 0 spiro atoms. The van der Waals surface area contributed by atoms with Gasteiger partial charge in [0.2, 0.25) is 5.91 Å².